The van der Waals surface area contributed by atoms with Crippen LogP contribution in [0.3, 0.4) is 0 Å². The molecule has 2 aromatic heterocycles. The Morgan fingerprint density at radius 1 is 0.704 bits per heavy atom. The first-order valence-corrected chi connectivity index (χ1v) is 21.3. The lowest BCUT2D eigenvalue weighted by Crippen LogP contribution is -2.67. The largest absolute Gasteiger partial charge is 0.460 e. The summed E-state index contributed by atoms with van der Waals surface area (Å²) in [6, 6.07) is 4.28. The molecule has 5 saturated carbocycles. The van der Waals surface area contributed by atoms with Crippen molar-refractivity contribution in [1.29, 1.82) is 0 Å². The lowest BCUT2D eigenvalue weighted by Gasteiger charge is -2.73. The highest BCUT2D eigenvalue weighted by atomic mass is 16.5. The smallest absolute Gasteiger partial charge is 0.372 e. The van der Waals surface area contributed by atoms with E-state index in [1.165, 1.54) is 37.7 Å². The molecule has 7 rings (SSSR count). The van der Waals surface area contributed by atoms with Crippen molar-refractivity contribution in [3.8, 4) is 0 Å². The van der Waals surface area contributed by atoms with E-state index in [0.717, 1.165) is 54.4 Å². The number of hydrogen-bond acceptors (Lipinski definition) is 4. The number of nitrogens with zero attached hydrogens (tertiary/aromatic N) is 2. The van der Waals surface area contributed by atoms with Gasteiger partial charge in [0.05, 0.1) is 6.61 Å². The topological polar surface area (TPSA) is 60.4 Å². The van der Waals surface area contributed by atoms with Crippen LogP contribution in [0.4, 0.5) is 0 Å². The van der Waals surface area contributed by atoms with Crippen LogP contribution < -0.4 is 9.13 Å². The Bertz CT molecular complexity index is 1770. The van der Waals surface area contributed by atoms with Crippen LogP contribution in [0.15, 0.2) is 49.1 Å². The van der Waals surface area contributed by atoms with Gasteiger partial charge in [0.15, 0.2) is 24.8 Å². The monoisotopic (exact) mass is 739 g/mol. The zero-order chi connectivity index (χ0) is 39.0. The molecule has 6 heteroatoms. The third kappa shape index (κ3) is 6.47. The van der Waals surface area contributed by atoms with Crippen LogP contribution in [0.1, 0.15) is 128 Å². The van der Waals surface area contributed by atoms with E-state index in [-0.39, 0.29) is 58.2 Å². The molecule has 0 N–H and O–H groups in total. The summed E-state index contributed by atoms with van der Waals surface area (Å²) in [7, 11) is 0. The summed E-state index contributed by atoms with van der Waals surface area (Å²) in [4.78, 5) is 26.8. The highest BCUT2D eigenvalue weighted by Crippen LogP contribution is 2.77. The van der Waals surface area contributed by atoms with E-state index in [1.807, 2.05) is 33.9 Å². The number of allylic oxidation sites excluding steroid dienone is 1. The minimum atomic E-state index is -0.125. The van der Waals surface area contributed by atoms with Gasteiger partial charge in [-0.15, -0.1) is 0 Å². The van der Waals surface area contributed by atoms with Gasteiger partial charge in [-0.1, -0.05) is 46.8 Å². The van der Waals surface area contributed by atoms with Gasteiger partial charge >= 0.3 is 11.9 Å². The number of ether oxygens (including phenoxy) is 2. The van der Waals surface area contributed by atoms with Gasteiger partial charge in [-0.2, -0.15) is 9.13 Å². The van der Waals surface area contributed by atoms with Crippen molar-refractivity contribution < 1.29 is 28.2 Å². The Kier molecular flexibility index (Phi) is 10.1. The van der Waals surface area contributed by atoms with E-state index in [0.29, 0.717) is 36.2 Å². The second-order valence-corrected chi connectivity index (χ2v) is 20.7. The second-order valence-electron chi connectivity index (χ2n) is 20.7. The minimum absolute atomic E-state index is 0.0281. The Labute approximate surface area is 326 Å². The molecule has 6 nitrogen and oxygen atoms in total. The van der Waals surface area contributed by atoms with Crippen LogP contribution >= 0.6 is 0 Å². The first-order chi connectivity index (χ1) is 25.3. The molecule has 0 bridgehead atoms. The molecule has 294 valence electrons. The number of aryl methyl sites for hydroxylation is 4. The number of esters is 2. The van der Waals surface area contributed by atoms with Gasteiger partial charge in [-0.3, -0.25) is 0 Å². The van der Waals surface area contributed by atoms with E-state index in [9.17, 15) is 9.59 Å². The van der Waals surface area contributed by atoms with Crippen LogP contribution in [0, 0.1) is 84.4 Å². The molecule has 2 heterocycles. The lowest BCUT2D eigenvalue weighted by atomic mass is 9.32. The molecule has 5 aliphatic carbocycles. The molecular formula is C48H70N2O4+2. The van der Waals surface area contributed by atoms with Crippen molar-refractivity contribution in [1.82, 2.24) is 0 Å². The van der Waals surface area contributed by atoms with Crippen molar-refractivity contribution in [2.75, 3.05) is 6.61 Å². The van der Waals surface area contributed by atoms with Crippen LogP contribution in [0.25, 0.3) is 0 Å². The average Bonchev–Trinajstić information content (AvgIpc) is 3.45. The Morgan fingerprint density at radius 3 is 1.89 bits per heavy atom. The first-order valence-electron chi connectivity index (χ1n) is 21.3. The molecule has 10 atom stereocenters. The summed E-state index contributed by atoms with van der Waals surface area (Å²) in [5.74, 6) is 2.48. The van der Waals surface area contributed by atoms with Gasteiger partial charge in [-0.05, 0) is 157 Å². The molecule has 0 aliphatic heterocycles. The summed E-state index contributed by atoms with van der Waals surface area (Å²) in [5.41, 5.74) is 6.52. The number of pyridine rings is 2. The van der Waals surface area contributed by atoms with E-state index in [4.69, 9.17) is 9.47 Å². The van der Waals surface area contributed by atoms with Crippen LogP contribution in [0.5, 0.6) is 0 Å². The molecular weight excluding hydrogens is 669 g/mol. The summed E-state index contributed by atoms with van der Waals surface area (Å²) in [6.07, 6.45) is 19.7. The summed E-state index contributed by atoms with van der Waals surface area (Å²) >= 11 is 0. The van der Waals surface area contributed by atoms with Crippen molar-refractivity contribution in [2.24, 2.45) is 56.7 Å². The van der Waals surface area contributed by atoms with Crippen LogP contribution in [-0.4, -0.2) is 24.6 Å². The highest BCUT2D eigenvalue weighted by molar-refractivity contribution is 5.68. The quantitative estimate of drug-likeness (QED) is 0.154. The molecule has 0 saturated heterocycles. The van der Waals surface area contributed by atoms with Crippen LogP contribution in [0.2, 0.25) is 0 Å². The summed E-state index contributed by atoms with van der Waals surface area (Å²) < 4.78 is 16.7. The van der Waals surface area contributed by atoms with E-state index in [1.54, 1.807) is 0 Å². The zero-order valence-corrected chi connectivity index (χ0v) is 35.4. The average molecular weight is 739 g/mol. The SMILES string of the molecule is C=C(C)[C@@H]1CC[C@]2(COC(=O)C[n+]3cc(C)cc(C)c3)CC[C@]3(C)C(CCC4[C@@]5(C)CC[C@H](OC(=O)C[n+]6cc(C)cc(C)c6)C(C)(C)C5CC[C@]43C)C12. The summed E-state index contributed by atoms with van der Waals surface area (Å²) in [6.45, 7) is 29.0. The van der Waals surface area contributed by atoms with E-state index < -0.39 is 0 Å². The Morgan fingerprint density at radius 2 is 1.30 bits per heavy atom. The fourth-order valence-electron chi connectivity index (χ4n) is 14.7. The molecule has 0 radical (unpaired) electrons. The molecule has 0 spiro atoms. The second kappa shape index (κ2) is 13.9. The molecule has 54 heavy (non-hydrogen) atoms. The fraction of sp³-hybridized carbons (Fsp3) is 0.708. The maximum Gasteiger partial charge on any atom is 0.372 e. The summed E-state index contributed by atoms with van der Waals surface area (Å²) in [5, 5.41) is 0. The molecule has 5 aliphatic rings. The predicted octanol–water partition coefficient (Wildman–Crippen LogP) is 9.31. The van der Waals surface area contributed by atoms with E-state index in [2.05, 4.69) is 87.9 Å². The third-order valence-electron chi connectivity index (χ3n) is 17.0. The van der Waals surface area contributed by atoms with Gasteiger partial charge < -0.3 is 9.47 Å². The lowest BCUT2D eigenvalue weighted by molar-refractivity contribution is -0.686. The first kappa shape index (κ1) is 39.2. The molecule has 4 unspecified atom stereocenters. The fourth-order valence-corrected chi connectivity index (χ4v) is 14.7. The van der Waals surface area contributed by atoms with Gasteiger partial charge in [0, 0.05) is 33.1 Å². The molecule has 2 aromatic rings. The zero-order valence-electron chi connectivity index (χ0n) is 35.4. The van der Waals surface area contributed by atoms with E-state index >= 15 is 0 Å². The normalized spacial score (nSPS) is 38.0. The highest BCUT2D eigenvalue weighted by Gasteiger charge is 2.71. The number of carbonyl (C=O) groups excluding carboxylic acids is 2. The van der Waals surface area contributed by atoms with Gasteiger partial charge in [0.1, 0.15) is 6.10 Å². The maximum atomic E-state index is 13.4. The maximum absolute atomic E-state index is 13.4. The standard InChI is InChI=1S/C48H70N2O4/c1-31(2)36-14-19-48(30-53-41(51)28-49-24-32(3)22-33(4)25-49)21-20-46(10)37(43(36)48)12-13-39-45(9)17-16-40(44(7,8)38(45)15-18-47(39,46)11)54-42(52)29-50-26-34(5)23-35(6)27-50/h22-27,36-40,43H,1,12-21,28-30H2,2-11H3/q+2/t36-,37?,38?,39?,40-,43?,45-,46+,47+,48+/m0/s1. The number of carbonyl (C=O) groups is 2. The molecule has 5 fully saturated rings. The number of rotatable bonds is 8. The number of hydrogen-bond donors (Lipinski definition) is 0. The van der Waals surface area contributed by atoms with Crippen molar-refractivity contribution in [3.05, 3.63) is 71.3 Å². The van der Waals surface area contributed by atoms with Crippen molar-refractivity contribution >= 4 is 11.9 Å². The predicted molar refractivity (Wildman–Crippen MR) is 212 cm³/mol. The number of aromatic nitrogens is 2. The Hall–Kier alpha value is -3.02. The minimum Gasteiger partial charge on any atom is -0.460 e. The van der Waals surface area contributed by atoms with Crippen LogP contribution in [-0.2, 0) is 32.2 Å². The molecule has 0 aromatic carbocycles. The van der Waals surface area contributed by atoms with Gasteiger partial charge in [0.2, 0.25) is 13.1 Å². The molecule has 0 amide bonds. The number of fused-ring (bicyclic) bond motifs is 7. The Balaban J connectivity index is 1.09. The van der Waals surface area contributed by atoms with Gasteiger partial charge in [-0.25, -0.2) is 9.59 Å². The van der Waals surface area contributed by atoms with Crippen molar-refractivity contribution in [3.63, 3.8) is 0 Å². The van der Waals surface area contributed by atoms with Crippen molar-refractivity contribution in [2.45, 2.75) is 153 Å². The third-order valence-corrected chi connectivity index (χ3v) is 17.0. The van der Waals surface area contributed by atoms with Gasteiger partial charge in [0.25, 0.3) is 0 Å².